The number of nitrogens with zero attached hydrogens (tertiary/aromatic N) is 5. The van der Waals surface area contributed by atoms with Crippen LogP contribution >= 0.6 is 11.8 Å². The van der Waals surface area contributed by atoms with Crippen LogP contribution in [0.1, 0.15) is 77.2 Å². The second kappa shape index (κ2) is 7.88. The van der Waals surface area contributed by atoms with E-state index < -0.39 is 0 Å². The monoisotopic (exact) mass is 403 g/mol. The molecular formula is C21H33N5OS. The second-order valence-corrected chi connectivity index (χ2v) is 10.3. The van der Waals surface area contributed by atoms with Gasteiger partial charge in [0.2, 0.25) is 11.9 Å². The molecule has 0 atom stereocenters. The zero-order chi connectivity index (χ0) is 19.1. The first-order chi connectivity index (χ1) is 13.7. The minimum atomic E-state index is 0.320. The molecule has 0 unspecified atom stereocenters. The first-order valence-electron chi connectivity index (χ1n) is 11.3. The molecule has 154 valence electrons. The molecule has 3 saturated carbocycles. The van der Waals surface area contributed by atoms with Gasteiger partial charge in [-0.05, 0) is 70.1 Å². The summed E-state index contributed by atoms with van der Waals surface area (Å²) < 4.78 is 2.33. The van der Waals surface area contributed by atoms with E-state index >= 15 is 0 Å². The van der Waals surface area contributed by atoms with E-state index in [-0.39, 0.29) is 0 Å². The quantitative estimate of drug-likeness (QED) is 0.647. The molecule has 0 spiro atoms. The lowest BCUT2D eigenvalue weighted by molar-refractivity contribution is -0.132. The number of thioether (sulfide) groups is 1. The van der Waals surface area contributed by atoms with Gasteiger partial charge in [-0.1, -0.05) is 18.7 Å². The highest BCUT2D eigenvalue weighted by Gasteiger charge is 2.39. The van der Waals surface area contributed by atoms with E-state index in [1.54, 1.807) is 11.8 Å². The summed E-state index contributed by atoms with van der Waals surface area (Å²) in [6.45, 7) is 4.52. The lowest BCUT2D eigenvalue weighted by Gasteiger charge is -2.36. The summed E-state index contributed by atoms with van der Waals surface area (Å²) in [5, 5.41) is 9.97. The van der Waals surface area contributed by atoms with Gasteiger partial charge in [-0.25, -0.2) is 0 Å². The van der Waals surface area contributed by atoms with Crippen molar-refractivity contribution in [2.24, 2.45) is 5.92 Å². The third-order valence-corrected chi connectivity index (χ3v) is 7.81. The van der Waals surface area contributed by atoms with Crippen LogP contribution in [-0.4, -0.2) is 56.5 Å². The van der Waals surface area contributed by atoms with Crippen molar-refractivity contribution >= 4 is 23.6 Å². The lowest BCUT2D eigenvalue weighted by atomic mass is 9.86. The fourth-order valence-electron chi connectivity index (χ4n) is 4.93. The summed E-state index contributed by atoms with van der Waals surface area (Å²) in [5.41, 5.74) is 0. The molecular weight excluding hydrogens is 370 g/mol. The van der Waals surface area contributed by atoms with Crippen LogP contribution in [-0.2, 0) is 4.79 Å². The highest BCUT2D eigenvalue weighted by atomic mass is 32.2. The molecule has 1 aliphatic heterocycles. The van der Waals surface area contributed by atoms with E-state index in [1.807, 2.05) is 0 Å². The molecule has 0 aromatic carbocycles. The highest BCUT2D eigenvalue weighted by Crippen LogP contribution is 2.42. The molecule has 7 heteroatoms. The zero-order valence-corrected chi connectivity index (χ0v) is 17.9. The van der Waals surface area contributed by atoms with E-state index in [0.29, 0.717) is 29.8 Å². The molecule has 1 saturated heterocycles. The van der Waals surface area contributed by atoms with Crippen LogP contribution < -0.4 is 4.90 Å². The molecule has 0 bridgehead atoms. The third-order valence-electron chi connectivity index (χ3n) is 6.88. The maximum absolute atomic E-state index is 13.2. The number of anilines is 1. The largest absolute Gasteiger partial charge is 0.341 e. The summed E-state index contributed by atoms with van der Waals surface area (Å²) in [4.78, 5) is 17.8. The van der Waals surface area contributed by atoms with Gasteiger partial charge in [-0.3, -0.25) is 9.36 Å². The first-order valence-corrected chi connectivity index (χ1v) is 12.3. The Balaban J connectivity index is 1.26. The standard InChI is InChI=1S/C21H33N5OS/c1-15-4-6-16(7-5-15)25(17-8-9-17)19(27)14-28-21-23-22-20(24-12-2-3-13-24)26(21)18-10-11-18/h15-18H,2-14H2,1H3. The number of hydrogen-bond donors (Lipinski definition) is 0. The molecule has 6 nitrogen and oxygen atoms in total. The Kier molecular flexibility index (Phi) is 5.28. The molecule has 2 heterocycles. The second-order valence-electron chi connectivity index (χ2n) is 9.31. The predicted molar refractivity (Wildman–Crippen MR) is 112 cm³/mol. The topological polar surface area (TPSA) is 54.3 Å². The van der Waals surface area contributed by atoms with Crippen molar-refractivity contribution in [1.82, 2.24) is 19.7 Å². The molecule has 1 aromatic heterocycles. The summed E-state index contributed by atoms with van der Waals surface area (Å²) in [6, 6.07) is 1.52. The van der Waals surface area contributed by atoms with Crippen molar-refractivity contribution in [1.29, 1.82) is 0 Å². The van der Waals surface area contributed by atoms with Crippen molar-refractivity contribution in [3.8, 4) is 0 Å². The third kappa shape index (κ3) is 3.91. The van der Waals surface area contributed by atoms with E-state index in [1.165, 1.54) is 64.2 Å². The highest BCUT2D eigenvalue weighted by molar-refractivity contribution is 7.99. The molecule has 1 amide bonds. The number of rotatable bonds is 7. The number of hydrogen-bond acceptors (Lipinski definition) is 5. The van der Waals surface area contributed by atoms with Gasteiger partial charge in [0.25, 0.3) is 0 Å². The van der Waals surface area contributed by atoms with Crippen molar-refractivity contribution in [3.63, 3.8) is 0 Å². The van der Waals surface area contributed by atoms with Crippen LogP contribution in [0, 0.1) is 5.92 Å². The number of carbonyl (C=O) groups excluding carboxylic acids is 1. The Morgan fingerprint density at radius 3 is 2.25 bits per heavy atom. The van der Waals surface area contributed by atoms with Gasteiger partial charge in [0, 0.05) is 31.2 Å². The Bertz CT molecular complexity index is 700. The Morgan fingerprint density at radius 1 is 1.00 bits per heavy atom. The van der Waals surface area contributed by atoms with Crippen LogP contribution in [0.4, 0.5) is 5.95 Å². The minimum absolute atomic E-state index is 0.320. The van der Waals surface area contributed by atoms with Crippen LogP contribution in [0.5, 0.6) is 0 Å². The summed E-state index contributed by atoms with van der Waals surface area (Å²) >= 11 is 1.61. The lowest BCUT2D eigenvalue weighted by Crippen LogP contribution is -2.44. The zero-order valence-electron chi connectivity index (χ0n) is 17.1. The first kappa shape index (κ1) is 18.8. The van der Waals surface area contributed by atoms with Gasteiger partial charge in [-0.2, -0.15) is 0 Å². The number of amides is 1. The van der Waals surface area contributed by atoms with Crippen LogP contribution in [0.25, 0.3) is 0 Å². The summed E-state index contributed by atoms with van der Waals surface area (Å²) in [7, 11) is 0. The van der Waals surface area contributed by atoms with Gasteiger partial charge < -0.3 is 9.80 Å². The molecule has 4 aliphatic rings. The van der Waals surface area contributed by atoms with E-state index in [9.17, 15) is 4.79 Å². The Labute approximate surface area is 172 Å². The molecule has 1 aromatic rings. The molecule has 0 radical (unpaired) electrons. The van der Waals surface area contributed by atoms with Gasteiger partial charge in [-0.15, -0.1) is 10.2 Å². The molecule has 5 rings (SSSR count). The SMILES string of the molecule is CC1CCC(N(C(=O)CSc2nnc(N3CCCC3)n2C2CC2)C2CC2)CC1. The van der Waals surface area contributed by atoms with Crippen molar-refractivity contribution in [2.75, 3.05) is 23.7 Å². The van der Waals surface area contributed by atoms with Crippen molar-refractivity contribution < 1.29 is 4.79 Å². The normalized spacial score (nSPS) is 28.0. The van der Waals surface area contributed by atoms with E-state index in [2.05, 4.69) is 31.5 Å². The maximum Gasteiger partial charge on any atom is 0.233 e. The van der Waals surface area contributed by atoms with Gasteiger partial charge in [0.1, 0.15) is 0 Å². The predicted octanol–water partition coefficient (Wildman–Crippen LogP) is 3.88. The minimum Gasteiger partial charge on any atom is -0.341 e. The number of carbonyl (C=O) groups is 1. The molecule has 0 N–H and O–H groups in total. The van der Waals surface area contributed by atoms with Crippen molar-refractivity contribution in [3.05, 3.63) is 0 Å². The average Bonchev–Trinajstić information content (AvgIpc) is 3.62. The van der Waals surface area contributed by atoms with Gasteiger partial charge >= 0.3 is 0 Å². The van der Waals surface area contributed by atoms with E-state index in [4.69, 9.17) is 0 Å². The summed E-state index contributed by atoms with van der Waals surface area (Å²) in [5.74, 6) is 2.69. The van der Waals surface area contributed by atoms with Crippen molar-refractivity contribution in [2.45, 2.75) is 94.4 Å². The fourth-order valence-corrected chi connectivity index (χ4v) is 5.80. The molecule has 28 heavy (non-hydrogen) atoms. The smallest absolute Gasteiger partial charge is 0.233 e. The molecule has 3 aliphatic carbocycles. The van der Waals surface area contributed by atoms with Gasteiger partial charge in [0.05, 0.1) is 5.75 Å². The summed E-state index contributed by atoms with van der Waals surface area (Å²) in [6.07, 6.45) is 12.2. The van der Waals surface area contributed by atoms with Crippen LogP contribution in [0.15, 0.2) is 5.16 Å². The average molecular weight is 404 g/mol. The van der Waals surface area contributed by atoms with Crippen LogP contribution in [0.3, 0.4) is 0 Å². The van der Waals surface area contributed by atoms with E-state index in [0.717, 1.165) is 30.1 Å². The Morgan fingerprint density at radius 2 is 1.64 bits per heavy atom. The fraction of sp³-hybridized carbons (Fsp3) is 0.857. The number of aromatic nitrogens is 3. The van der Waals surface area contributed by atoms with Gasteiger partial charge in [0.15, 0.2) is 5.16 Å². The molecule has 4 fully saturated rings. The maximum atomic E-state index is 13.2. The Hall–Kier alpha value is -1.24. The van der Waals surface area contributed by atoms with Crippen LogP contribution in [0.2, 0.25) is 0 Å².